The summed E-state index contributed by atoms with van der Waals surface area (Å²) in [5, 5.41) is 5.51. The number of thiophene rings is 1. The Morgan fingerprint density at radius 1 is 1.07 bits per heavy atom. The van der Waals surface area contributed by atoms with Crippen molar-refractivity contribution in [2.24, 2.45) is 0 Å². The van der Waals surface area contributed by atoms with Gasteiger partial charge < -0.3 is 14.8 Å². The molecule has 0 unspecified atom stereocenters. The van der Waals surface area contributed by atoms with Crippen molar-refractivity contribution in [2.75, 3.05) is 19.0 Å². The molecule has 0 aliphatic heterocycles. The van der Waals surface area contributed by atoms with Crippen LogP contribution >= 0.6 is 11.3 Å². The summed E-state index contributed by atoms with van der Waals surface area (Å²) in [4.78, 5) is 26.7. The van der Waals surface area contributed by atoms with Crippen LogP contribution in [0.15, 0.2) is 36.4 Å². The Balaban J connectivity index is 1.65. The zero-order valence-corrected chi connectivity index (χ0v) is 17.4. The maximum Gasteiger partial charge on any atom is 0.341 e. The lowest BCUT2D eigenvalue weighted by molar-refractivity contribution is 0.0526. The van der Waals surface area contributed by atoms with E-state index < -0.39 is 0 Å². The summed E-state index contributed by atoms with van der Waals surface area (Å²) in [6, 6.07) is 11.3. The van der Waals surface area contributed by atoms with Crippen LogP contribution in [0.5, 0.6) is 5.75 Å². The van der Waals surface area contributed by atoms with Gasteiger partial charge in [0.1, 0.15) is 10.8 Å². The maximum absolute atomic E-state index is 12.9. The smallest absolute Gasteiger partial charge is 0.341 e. The first kappa shape index (κ1) is 19.5. The molecule has 1 aliphatic carbocycles. The van der Waals surface area contributed by atoms with E-state index in [1.165, 1.54) is 16.2 Å². The maximum atomic E-state index is 12.9. The van der Waals surface area contributed by atoms with Crippen molar-refractivity contribution in [2.45, 2.75) is 32.6 Å². The molecular formula is C23H23NO4S. The van der Waals surface area contributed by atoms with Gasteiger partial charge in [-0.15, -0.1) is 11.3 Å². The summed E-state index contributed by atoms with van der Waals surface area (Å²) in [5.74, 6) is 0.192. The van der Waals surface area contributed by atoms with Gasteiger partial charge in [0.25, 0.3) is 5.91 Å². The molecule has 0 saturated carbocycles. The number of benzene rings is 2. The molecule has 0 radical (unpaired) electrons. The minimum atomic E-state index is -0.354. The number of anilines is 1. The summed E-state index contributed by atoms with van der Waals surface area (Å²) < 4.78 is 10.5. The molecule has 0 saturated heterocycles. The third-order valence-electron chi connectivity index (χ3n) is 5.19. The van der Waals surface area contributed by atoms with Gasteiger partial charge in [-0.1, -0.05) is 12.1 Å². The fourth-order valence-corrected chi connectivity index (χ4v) is 5.01. The third kappa shape index (κ3) is 3.85. The molecule has 3 aromatic rings. The van der Waals surface area contributed by atoms with Crippen LogP contribution in [0.4, 0.5) is 5.00 Å². The second kappa shape index (κ2) is 8.25. The van der Waals surface area contributed by atoms with Gasteiger partial charge in [-0.05, 0) is 73.2 Å². The van der Waals surface area contributed by atoms with E-state index in [9.17, 15) is 9.59 Å². The molecule has 0 atom stereocenters. The van der Waals surface area contributed by atoms with Gasteiger partial charge in [0, 0.05) is 10.4 Å². The van der Waals surface area contributed by atoms with Gasteiger partial charge in [-0.25, -0.2) is 4.79 Å². The van der Waals surface area contributed by atoms with Crippen molar-refractivity contribution < 1.29 is 19.1 Å². The summed E-state index contributed by atoms with van der Waals surface area (Å²) in [5.41, 5.74) is 2.12. The fourth-order valence-electron chi connectivity index (χ4n) is 3.74. The Labute approximate surface area is 173 Å². The predicted molar refractivity (Wildman–Crippen MR) is 115 cm³/mol. The number of carbonyl (C=O) groups excluding carboxylic acids is 2. The Kier molecular flexibility index (Phi) is 5.53. The lowest BCUT2D eigenvalue weighted by Crippen LogP contribution is -2.15. The third-order valence-corrected chi connectivity index (χ3v) is 6.39. The first-order valence-corrected chi connectivity index (χ1v) is 10.6. The SMILES string of the molecule is CCOC(=O)c1c(NC(=O)c2ccc3cc(OC)ccc3c2)sc2c1CCCC2. The molecule has 29 heavy (non-hydrogen) atoms. The Morgan fingerprint density at radius 2 is 1.83 bits per heavy atom. The highest BCUT2D eigenvalue weighted by Gasteiger charge is 2.27. The van der Waals surface area contributed by atoms with Crippen molar-refractivity contribution in [1.29, 1.82) is 0 Å². The zero-order chi connectivity index (χ0) is 20.4. The topological polar surface area (TPSA) is 64.6 Å². The van der Waals surface area contributed by atoms with Crippen molar-refractivity contribution in [3.8, 4) is 5.75 Å². The average molecular weight is 410 g/mol. The largest absolute Gasteiger partial charge is 0.497 e. The molecular weight excluding hydrogens is 386 g/mol. The molecule has 5 nitrogen and oxygen atoms in total. The van der Waals surface area contributed by atoms with Crippen molar-refractivity contribution in [3.05, 3.63) is 58.0 Å². The van der Waals surface area contributed by atoms with E-state index in [0.29, 0.717) is 22.7 Å². The predicted octanol–water partition coefficient (Wildman–Crippen LogP) is 5.22. The van der Waals surface area contributed by atoms with Crippen molar-refractivity contribution in [1.82, 2.24) is 0 Å². The first-order valence-electron chi connectivity index (χ1n) is 9.81. The zero-order valence-electron chi connectivity index (χ0n) is 16.5. The summed E-state index contributed by atoms with van der Waals surface area (Å²) in [6.07, 6.45) is 3.96. The Hall–Kier alpha value is -2.86. The molecule has 0 spiro atoms. The summed E-state index contributed by atoms with van der Waals surface area (Å²) in [6.45, 7) is 2.10. The normalized spacial score (nSPS) is 13.0. The van der Waals surface area contributed by atoms with Crippen LogP contribution in [0.3, 0.4) is 0 Å². The van der Waals surface area contributed by atoms with Crippen LogP contribution in [-0.2, 0) is 17.6 Å². The monoisotopic (exact) mass is 409 g/mol. The molecule has 150 valence electrons. The Bertz CT molecular complexity index is 1090. The molecule has 1 amide bonds. The minimum Gasteiger partial charge on any atom is -0.497 e. The fraction of sp³-hybridized carbons (Fsp3) is 0.304. The quantitative estimate of drug-likeness (QED) is 0.587. The van der Waals surface area contributed by atoms with E-state index >= 15 is 0 Å². The molecule has 4 rings (SSSR count). The van der Waals surface area contributed by atoms with E-state index in [0.717, 1.165) is 47.8 Å². The summed E-state index contributed by atoms with van der Waals surface area (Å²) >= 11 is 1.50. The van der Waals surface area contributed by atoms with Crippen LogP contribution in [0.25, 0.3) is 10.8 Å². The van der Waals surface area contributed by atoms with Crippen molar-refractivity contribution in [3.63, 3.8) is 0 Å². The van der Waals surface area contributed by atoms with E-state index in [4.69, 9.17) is 9.47 Å². The highest BCUT2D eigenvalue weighted by Crippen LogP contribution is 2.39. The molecule has 0 fully saturated rings. The molecule has 1 aromatic heterocycles. The van der Waals surface area contributed by atoms with Crippen molar-refractivity contribution >= 4 is 39.0 Å². The van der Waals surface area contributed by atoms with E-state index in [-0.39, 0.29) is 11.9 Å². The average Bonchev–Trinajstić information content (AvgIpc) is 3.10. The number of hydrogen-bond acceptors (Lipinski definition) is 5. The number of amides is 1. The van der Waals surface area contributed by atoms with E-state index in [1.807, 2.05) is 30.3 Å². The molecule has 2 aromatic carbocycles. The number of ether oxygens (including phenoxy) is 2. The number of rotatable bonds is 5. The second-order valence-corrected chi connectivity index (χ2v) is 8.12. The molecule has 0 bridgehead atoms. The minimum absolute atomic E-state index is 0.230. The van der Waals surface area contributed by atoms with Gasteiger partial charge in [0.15, 0.2) is 0 Å². The van der Waals surface area contributed by atoms with Crippen LogP contribution in [0.2, 0.25) is 0 Å². The van der Waals surface area contributed by atoms with Crippen LogP contribution in [0.1, 0.15) is 50.9 Å². The number of nitrogens with one attached hydrogen (secondary N) is 1. The molecule has 1 heterocycles. The lowest BCUT2D eigenvalue weighted by atomic mass is 9.95. The van der Waals surface area contributed by atoms with Gasteiger partial charge in [0.05, 0.1) is 19.3 Å². The van der Waals surface area contributed by atoms with Crippen LogP contribution < -0.4 is 10.1 Å². The molecule has 6 heteroatoms. The molecule has 1 aliphatic rings. The van der Waals surface area contributed by atoms with Gasteiger partial charge >= 0.3 is 5.97 Å². The highest BCUT2D eigenvalue weighted by molar-refractivity contribution is 7.17. The van der Waals surface area contributed by atoms with Crippen LogP contribution in [-0.4, -0.2) is 25.6 Å². The Morgan fingerprint density at radius 3 is 2.62 bits per heavy atom. The number of carbonyl (C=O) groups is 2. The van der Waals surface area contributed by atoms with Gasteiger partial charge in [-0.2, -0.15) is 0 Å². The number of aryl methyl sites for hydroxylation is 1. The van der Waals surface area contributed by atoms with Gasteiger partial charge in [0.2, 0.25) is 0 Å². The lowest BCUT2D eigenvalue weighted by Gasteiger charge is -2.12. The van der Waals surface area contributed by atoms with Gasteiger partial charge in [-0.3, -0.25) is 4.79 Å². The highest BCUT2D eigenvalue weighted by atomic mass is 32.1. The number of esters is 1. The first-order chi connectivity index (χ1) is 14.1. The molecule has 1 N–H and O–H groups in total. The van der Waals surface area contributed by atoms with Crippen LogP contribution in [0, 0.1) is 0 Å². The summed E-state index contributed by atoms with van der Waals surface area (Å²) in [7, 11) is 1.63. The van der Waals surface area contributed by atoms with E-state index in [1.54, 1.807) is 20.1 Å². The second-order valence-electron chi connectivity index (χ2n) is 7.02. The standard InChI is InChI=1S/C23H23NO4S/c1-3-28-23(26)20-18-6-4-5-7-19(18)29-22(20)24-21(25)16-9-8-15-13-17(27-2)11-10-14(15)12-16/h8-13H,3-7H2,1-2H3,(H,24,25). The van der Waals surface area contributed by atoms with E-state index in [2.05, 4.69) is 5.32 Å². The number of hydrogen-bond donors (Lipinski definition) is 1. The number of methoxy groups -OCH3 is 1. The number of fused-ring (bicyclic) bond motifs is 2.